The fraction of sp³-hybridized carbons (Fsp3) is 0.278. The van der Waals surface area contributed by atoms with E-state index >= 15 is 0 Å². The third kappa shape index (κ3) is 5.08. The Morgan fingerprint density at radius 3 is 2.71 bits per heavy atom. The molecule has 24 heavy (non-hydrogen) atoms. The number of halogens is 1. The number of carbonyl (C=O) groups is 1. The van der Waals surface area contributed by atoms with Crippen molar-refractivity contribution in [2.75, 3.05) is 26.5 Å². The van der Waals surface area contributed by atoms with Crippen LogP contribution < -0.4 is 14.8 Å². The van der Waals surface area contributed by atoms with E-state index < -0.39 is 0 Å². The molecule has 2 aromatic rings. The summed E-state index contributed by atoms with van der Waals surface area (Å²) >= 11 is 7.84. The molecule has 0 spiro atoms. The lowest BCUT2D eigenvalue weighted by molar-refractivity contribution is 0.0953. The summed E-state index contributed by atoms with van der Waals surface area (Å²) in [6, 6.07) is 13.1. The third-order valence-corrected chi connectivity index (χ3v) is 4.70. The molecule has 0 saturated heterocycles. The van der Waals surface area contributed by atoms with Gasteiger partial charge in [0.15, 0.2) is 0 Å². The molecule has 0 aromatic heterocycles. The van der Waals surface area contributed by atoms with E-state index in [9.17, 15) is 4.79 Å². The van der Waals surface area contributed by atoms with Crippen molar-refractivity contribution >= 4 is 29.3 Å². The molecule has 0 fully saturated rings. The predicted octanol–water partition coefficient (Wildman–Crippen LogP) is 4.02. The van der Waals surface area contributed by atoms with Gasteiger partial charge in [0, 0.05) is 18.1 Å². The standard InChI is InChI=1S/C18H20ClNO3S/c1-22-14-6-3-5-13(11-14)12-24-10-9-20-18(21)17-15(19)7-4-8-16(17)23-2/h3-8,11H,9-10,12H2,1-2H3,(H,20,21). The van der Waals surface area contributed by atoms with E-state index in [0.29, 0.717) is 22.9 Å². The number of thioether (sulfide) groups is 1. The Morgan fingerprint density at radius 1 is 1.17 bits per heavy atom. The highest BCUT2D eigenvalue weighted by molar-refractivity contribution is 7.98. The van der Waals surface area contributed by atoms with Gasteiger partial charge in [0.05, 0.1) is 24.8 Å². The zero-order chi connectivity index (χ0) is 17.4. The fourth-order valence-corrected chi connectivity index (χ4v) is 3.23. The number of carbonyl (C=O) groups excluding carboxylic acids is 1. The second-order valence-electron chi connectivity index (χ2n) is 4.98. The minimum atomic E-state index is -0.223. The number of rotatable bonds is 8. The van der Waals surface area contributed by atoms with E-state index in [1.165, 1.54) is 12.7 Å². The Labute approximate surface area is 151 Å². The van der Waals surface area contributed by atoms with E-state index in [1.54, 1.807) is 37.1 Å². The van der Waals surface area contributed by atoms with Crippen molar-refractivity contribution in [3.05, 3.63) is 58.6 Å². The van der Waals surface area contributed by atoms with Crippen molar-refractivity contribution in [3.8, 4) is 11.5 Å². The van der Waals surface area contributed by atoms with E-state index in [0.717, 1.165) is 17.3 Å². The van der Waals surface area contributed by atoms with Crippen LogP contribution in [0.3, 0.4) is 0 Å². The normalized spacial score (nSPS) is 10.3. The first-order valence-electron chi connectivity index (χ1n) is 7.47. The lowest BCUT2D eigenvalue weighted by Crippen LogP contribution is -2.26. The molecule has 0 heterocycles. The molecule has 2 aromatic carbocycles. The molecule has 6 heteroatoms. The zero-order valence-corrected chi connectivity index (χ0v) is 15.2. The fourth-order valence-electron chi connectivity index (χ4n) is 2.17. The molecule has 1 amide bonds. The van der Waals surface area contributed by atoms with Crippen LogP contribution in [-0.4, -0.2) is 32.4 Å². The second kappa shape index (κ2) is 9.45. The summed E-state index contributed by atoms with van der Waals surface area (Å²) in [5.41, 5.74) is 1.57. The van der Waals surface area contributed by atoms with Gasteiger partial charge in [0.25, 0.3) is 5.91 Å². The Hall–Kier alpha value is -1.85. The van der Waals surface area contributed by atoms with Gasteiger partial charge in [-0.05, 0) is 29.8 Å². The molecule has 0 aliphatic carbocycles. The SMILES string of the molecule is COc1cccc(CSCCNC(=O)c2c(Cl)cccc2OC)c1. The molecule has 1 N–H and O–H groups in total. The molecule has 0 atom stereocenters. The number of hydrogen-bond donors (Lipinski definition) is 1. The molecule has 4 nitrogen and oxygen atoms in total. The summed E-state index contributed by atoms with van der Waals surface area (Å²) < 4.78 is 10.4. The van der Waals surface area contributed by atoms with Crippen LogP contribution in [0.15, 0.2) is 42.5 Å². The van der Waals surface area contributed by atoms with Gasteiger partial charge in [-0.3, -0.25) is 4.79 Å². The van der Waals surface area contributed by atoms with Crippen molar-refractivity contribution < 1.29 is 14.3 Å². The highest BCUT2D eigenvalue weighted by Crippen LogP contribution is 2.26. The summed E-state index contributed by atoms with van der Waals surface area (Å²) in [5.74, 6) is 2.77. The van der Waals surface area contributed by atoms with E-state index in [1.807, 2.05) is 18.2 Å². The van der Waals surface area contributed by atoms with Crippen molar-refractivity contribution in [2.24, 2.45) is 0 Å². The van der Waals surface area contributed by atoms with Crippen LogP contribution in [0.1, 0.15) is 15.9 Å². The summed E-state index contributed by atoms with van der Waals surface area (Å²) in [6.07, 6.45) is 0. The molecule has 0 unspecified atom stereocenters. The van der Waals surface area contributed by atoms with Crippen molar-refractivity contribution in [1.29, 1.82) is 0 Å². The van der Waals surface area contributed by atoms with Crippen LogP contribution in [0, 0.1) is 0 Å². The minimum absolute atomic E-state index is 0.223. The first-order valence-corrected chi connectivity index (χ1v) is 9.00. The highest BCUT2D eigenvalue weighted by atomic mass is 35.5. The van der Waals surface area contributed by atoms with Crippen molar-refractivity contribution in [1.82, 2.24) is 5.32 Å². The van der Waals surface area contributed by atoms with Gasteiger partial charge in [-0.2, -0.15) is 11.8 Å². The Morgan fingerprint density at radius 2 is 1.96 bits per heavy atom. The second-order valence-corrected chi connectivity index (χ2v) is 6.49. The maximum Gasteiger partial charge on any atom is 0.256 e. The summed E-state index contributed by atoms with van der Waals surface area (Å²) in [6.45, 7) is 0.557. The number of nitrogens with one attached hydrogen (secondary N) is 1. The van der Waals surface area contributed by atoms with Gasteiger partial charge in [-0.25, -0.2) is 0 Å². The predicted molar refractivity (Wildman–Crippen MR) is 99.5 cm³/mol. The molecule has 128 valence electrons. The summed E-state index contributed by atoms with van der Waals surface area (Å²) in [5, 5.41) is 3.26. The van der Waals surface area contributed by atoms with Gasteiger partial charge < -0.3 is 14.8 Å². The number of amides is 1. The number of ether oxygens (including phenoxy) is 2. The smallest absolute Gasteiger partial charge is 0.256 e. The van der Waals surface area contributed by atoms with E-state index in [-0.39, 0.29) is 5.91 Å². The van der Waals surface area contributed by atoms with Crippen LogP contribution in [0.4, 0.5) is 0 Å². The number of methoxy groups -OCH3 is 2. The summed E-state index contributed by atoms with van der Waals surface area (Å²) in [7, 11) is 3.18. The average Bonchev–Trinajstić information content (AvgIpc) is 2.61. The summed E-state index contributed by atoms with van der Waals surface area (Å²) in [4.78, 5) is 12.3. The molecule has 0 aliphatic rings. The third-order valence-electron chi connectivity index (χ3n) is 3.36. The van der Waals surface area contributed by atoms with Crippen LogP contribution in [0.5, 0.6) is 11.5 Å². The van der Waals surface area contributed by atoms with E-state index in [4.69, 9.17) is 21.1 Å². The lowest BCUT2D eigenvalue weighted by Gasteiger charge is -2.10. The monoisotopic (exact) mass is 365 g/mol. The van der Waals surface area contributed by atoms with Crippen LogP contribution in [0.2, 0.25) is 5.02 Å². The molecule has 2 rings (SSSR count). The maximum absolute atomic E-state index is 12.3. The quantitative estimate of drug-likeness (QED) is 0.718. The van der Waals surface area contributed by atoms with Gasteiger partial charge >= 0.3 is 0 Å². The van der Waals surface area contributed by atoms with Gasteiger partial charge in [0.2, 0.25) is 0 Å². The molecule has 0 radical (unpaired) electrons. The molecule has 0 saturated carbocycles. The average molecular weight is 366 g/mol. The number of benzene rings is 2. The topological polar surface area (TPSA) is 47.6 Å². The van der Waals surface area contributed by atoms with E-state index in [2.05, 4.69) is 11.4 Å². The lowest BCUT2D eigenvalue weighted by atomic mass is 10.2. The zero-order valence-electron chi connectivity index (χ0n) is 13.7. The van der Waals surface area contributed by atoms with Gasteiger partial charge in [-0.15, -0.1) is 0 Å². The van der Waals surface area contributed by atoms with Crippen molar-refractivity contribution in [2.45, 2.75) is 5.75 Å². The van der Waals surface area contributed by atoms with Crippen LogP contribution in [-0.2, 0) is 5.75 Å². The van der Waals surface area contributed by atoms with Gasteiger partial charge in [0.1, 0.15) is 11.5 Å². The Kier molecular flexibility index (Phi) is 7.28. The van der Waals surface area contributed by atoms with Gasteiger partial charge in [-0.1, -0.05) is 29.8 Å². The molecular formula is C18H20ClNO3S. The number of hydrogen-bond acceptors (Lipinski definition) is 4. The van der Waals surface area contributed by atoms with Crippen LogP contribution >= 0.6 is 23.4 Å². The first-order chi connectivity index (χ1) is 11.7. The maximum atomic E-state index is 12.3. The Balaban J connectivity index is 1.79. The largest absolute Gasteiger partial charge is 0.497 e. The first kappa shape index (κ1) is 18.5. The highest BCUT2D eigenvalue weighted by Gasteiger charge is 2.15. The van der Waals surface area contributed by atoms with Crippen LogP contribution in [0.25, 0.3) is 0 Å². The molecular weight excluding hydrogens is 346 g/mol. The minimum Gasteiger partial charge on any atom is -0.497 e. The molecule has 0 bridgehead atoms. The van der Waals surface area contributed by atoms with Crippen molar-refractivity contribution in [3.63, 3.8) is 0 Å². The molecule has 0 aliphatic heterocycles. The Bertz CT molecular complexity index is 694.